The number of pyridine rings is 1. The van der Waals surface area contributed by atoms with E-state index in [1.807, 2.05) is 6.92 Å². The van der Waals surface area contributed by atoms with Gasteiger partial charge in [0.25, 0.3) is 0 Å². The highest BCUT2D eigenvalue weighted by Crippen LogP contribution is 2.37. The molecule has 2 heterocycles. The lowest BCUT2D eigenvalue weighted by atomic mass is 9.97. The zero-order valence-corrected chi connectivity index (χ0v) is 12.4. The lowest BCUT2D eigenvalue weighted by Gasteiger charge is -2.30. The van der Waals surface area contributed by atoms with Crippen LogP contribution >= 0.6 is 0 Å². The summed E-state index contributed by atoms with van der Waals surface area (Å²) in [6.45, 7) is 4.88. The van der Waals surface area contributed by atoms with Crippen molar-refractivity contribution in [3.63, 3.8) is 0 Å². The standard InChI is InChI=1S/C15H22N4O2/c1-11-2-5-14(19(20)21)15(17-11)18(13-3-4-13)10-12-6-8-16-9-7-12/h2,5,12-13,16H,3-4,6-10H2,1H3. The van der Waals surface area contributed by atoms with Gasteiger partial charge in [-0.3, -0.25) is 10.1 Å². The van der Waals surface area contributed by atoms with Crippen LogP contribution in [0.1, 0.15) is 31.4 Å². The zero-order valence-electron chi connectivity index (χ0n) is 12.4. The topological polar surface area (TPSA) is 71.3 Å². The Bertz CT molecular complexity index is 524. The second-order valence-corrected chi connectivity index (χ2v) is 6.13. The SMILES string of the molecule is Cc1ccc([N+](=O)[O-])c(N(CC2CCNCC2)C2CC2)n1. The molecule has 2 fully saturated rings. The molecule has 0 aromatic carbocycles. The van der Waals surface area contributed by atoms with E-state index >= 15 is 0 Å². The second kappa shape index (κ2) is 5.97. The number of nitrogens with zero attached hydrogens (tertiary/aromatic N) is 3. The summed E-state index contributed by atoms with van der Waals surface area (Å²) in [5.74, 6) is 1.18. The summed E-state index contributed by atoms with van der Waals surface area (Å²) in [5, 5.41) is 14.7. The molecule has 2 aliphatic rings. The first-order valence-electron chi connectivity index (χ1n) is 7.74. The van der Waals surface area contributed by atoms with E-state index in [2.05, 4.69) is 15.2 Å². The largest absolute Gasteiger partial charge is 0.348 e. The molecule has 3 rings (SSSR count). The Morgan fingerprint density at radius 2 is 2.05 bits per heavy atom. The number of aromatic nitrogens is 1. The molecule has 0 bridgehead atoms. The molecule has 1 N–H and O–H groups in total. The first-order chi connectivity index (χ1) is 10.1. The molecule has 0 amide bonds. The first-order valence-corrected chi connectivity index (χ1v) is 7.74. The van der Waals surface area contributed by atoms with Crippen LogP contribution in [0.2, 0.25) is 0 Å². The Morgan fingerprint density at radius 1 is 1.33 bits per heavy atom. The van der Waals surface area contributed by atoms with Gasteiger partial charge in [-0.05, 0) is 57.7 Å². The number of rotatable bonds is 5. The third-order valence-corrected chi connectivity index (χ3v) is 4.36. The highest BCUT2D eigenvalue weighted by molar-refractivity contribution is 5.59. The maximum atomic E-state index is 11.3. The van der Waals surface area contributed by atoms with Gasteiger partial charge < -0.3 is 10.2 Å². The van der Waals surface area contributed by atoms with Gasteiger partial charge in [0.2, 0.25) is 5.82 Å². The molecule has 1 saturated heterocycles. The van der Waals surface area contributed by atoms with E-state index in [-0.39, 0.29) is 10.6 Å². The molecule has 0 atom stereocenters. The van der Waals surface area contributed by atoms with Crippen LogP contribution in [0.15, 0.2) is 12.1 Å². The van der Waals surface area contributed by atoms with Crippen LogP contribution in [0.5, 0.6) is 0 Å². The van der Waals surface area contributed by atoms with Gasteiger partial charge in [0.05, 0.1) is 4.92 Å². The third kappa shape index (κ3) is 3.32. The minimum absolute atomic E-state index is 0.140. The minimum atomic E-state index is -0.306. The van der Waals surface area contributed by atoms with Gasteiger partial charge >= 0.3 is 5.69 Å². The van der Waals surface area contributed by atoms with E-state index in [0.717, 1.165) is 51.0 Å². The van der Waals surface area contributed by atoms with Gasteiger partial charge in [0.1, 0.15) is 0 Å². The summed E-state index contributed by atoms with van der Waals surface area (Å²) in [6.07, 6.45) is 4.53. The predicted molar refractivity (Wildman–Crippen MR) is 81.6 cm³/mol. The van der Waals surface area contributed by atoms with E-state index in [1.54, 1.807) is 12.1 Å². The summed E-state index contributed by atoms with van der Waals surface area (Å²) in [7, 11) is 0. The molecule has 1 saturated carbocycles. The van der Waals surface area contributed by atoms with Crippen LogP contribution in [-0.4, -0.2) is 35.6 Å². The fourth-order valence-electron chi connectivity index (χ4n) is 3.03. The van der Waals surface area contributed by atoms with Crippen molar-refractivity contribution >= 4 is 11.5 Å². The van der Waals surface area contributed by atoms with Crippen molar-refractivity contribution in [2.24, 2.45) is 5.92 Å². The normalized spacial score (nSPS) is 19.5. The number of nitrogens with one attached hydrogen (secondary N) is 1. The molecular formula is C15H22N4O2. The van der Waals surface area contributed by atoms with E-state index in [4.69, 9.17) is 0 Å². The Hall–Kier alpha value is -1.69. The van der Waals surface area contributed by atoms with Crippen LogP contribution in [0.3, 0.4) is 0 Å². The lowest BCUT2D eigenvalue weighted by molar-refractivity contribution is -0.384. The molecule has 114 valence electrons. The molecule has 21 heavy (non-hydrogen) atoms. The molecular weight excluding hydrogens is 268 g/mol. The van der Waals surface area contributed by atoms with E-state index in [1.165, 1.54) is 0 Å². The Labute approximate surface area is 124 Å². The molecule has 1 aromatic rings. The predicted octanol–water partition coefficient (Wildman–Crippen LogP) is 2.27. The fourth-order valence-corrected chi connectivity index (χ4v) is 3.03. The molecule has 1 aliphatic heterocycles. The van der Waals surface area contributed by atoms with Crippen molar-refractivity contribution in [1.82, 2.24) is 10.3 Å². The van der Waals surface area contributed by atoms with Crippen molar-refractivity contribution in [3.8, 4) is 0 Å². The average Bonchev–Trinajstić information content (AvgIpc) is 3.30. The Kier molecular flexibility index (Phi) is 4.05. The molecule has 1 aromatic heterocycles. The number of nitro groups is 1. The van der Waals surface area contributed by atoms with Crippen LogP contribution < -0.4 is 10.2 Å². The molecule has 6 nitrogen and oxygen atoms in total. The summed E-state index contributed by atoms with van der Waals surface area (Å²) in [6, 6.07) is 3.75. The van der Waals surface area contributed by atoms with Crippen molar-refractivity contribution in [1.29, 1.82) is 0 Å². The highest BCUT2D eigenvalue weighted by Gasteiger charge is 2.35. The number of piperidine rings is 1. The van der Waals surface area contributed by atoms with Crippen molar-refractivity contribution in [2.45, 2.75) is 38.6 Å². The van der Waals surface area contributed by atoms with Crippen molar-refractivity contribution in [2.75, 3.05) is 24.5 Å². The van der Waals surface area contributed by atoms with Gasteiger partial charge in [-0.15, -0.1) is 0 Å². The van der Waals surface area contributed by atoms with Crippen LogP contribution in [0.4, 0.5) is 11.5 Å². The van der Waals surface area contributed by atoms with Crippen molar-refractivity contribution < 1.29 is 4.92 Å². The smallest absolute Gasteiger partial charge is 0.311 e. The van der Waals surface area contributed by atoms with E-state index < -0.39 is 0 Å². The minimum Gasteiger partial charge on any atom is -0.348 e. The number of hydrogen-bond donors (Lipinski definition) is 1. The number of aryl methyl sites for hydroxylation is 1. The van der Waals surface area contributed by atoms with Crippen LogP contribution in [0, 0.1) is 23.0 Å². The summed E-state index contributed by atoms with van der Waals surface area (Å²) >= 11 is 0. The van der Waals surface area contributed by atoms with Gasteiger partial charge in [-0.2, -0.15) is 0 Å². The number of anilines is 1. The van der Waals surface area contributed by atoms with Gasteiger partial charge in [0.15, 0.2) is 0 Å². The second-order valence-electron chi connectivity index (χ2n) is 6.13. The molecule has 0 spiro atoms. The molecule has 6 heteroatoms. The Balaban J connectivity index is 1.86. The number of hydrogen-bond acceptors (Lipinski definition) is 5. The highest BCUT2D eigenvalue weighted by atomic mass is 16.6. The maximum absolute atomic E-state index is 11.3. The van der Waals surface area contributed by atoms with Gasteiger partial charge in [0, 0.05) is 24.3 Å². The maximum Gasteiger partial charge on any atom is 0.311 e. The summed E-state index contributed by atoms with van der Waals surface area (Å²) in [5.41, 5.74) is 0.980. The van der Waals surface area contributed by atoms with Crippen LogP contribution in [0.25, 0.3) is 0 Å². The first kappa shape index (κ1) is 14.3. The monoisotopic (exact) mass is 290 g/mol. The quantitative estimate of drug-likeness (QED) is 0.665. The Morgan fingerprint density at radius 3 is 2.67 bits per heavy atom. The average molecular weight is 290 g/mol. The third-order valence-electron chi connectivity index (χ3n) is 4.36. The van der Waals surface area contributed by atoms with E-state index in [0.29, 0.717) is 17.8 Å². The van der Waals surface area contributed by atoms with Crippen molar-refractivity contribution in [3.05, 3.63) is 27.9 Å². The molecule has 1 aliphatic carbocycles. The summed E-state index contributed by atoms with van der Waals surface area (Å²) in [4.78, 5) is 17.7. The fraction of sp³-hybridized carbons (Fsp3) is 0.667. The molecule has 0 unspecified atom stereocenters. The molecule has 0 radical (unpaired) electrons. The zero-order chi connectivity index (χ0) is 14.8. The van der Waals surface area contributed by atoms with Crippen LogP contribution in [-0.2, 0) is 0 Å². The van der Waals surface area contributed by atoms with Gasteiger partial charge in [-0.25, -0.2) is 4.98 Å². The lowest BCUT2D eigenvalue weighted by Crippen LogP contribution is -2.38. The summed E-state index contributed by atoms with van der Waals surface area (Å²) < 4.78 is 0. The van der Waals surface area contributed by atoms with E-state index in [9.17, 15) is 10.1 Å². The van der Waals surface area contributed by atoms with Gasteiger partial charge in [-0.1, -0.05) is 0 Å².